The molecule has 0 fully saturated rings. The molecule has 0 saturated heterocycles. The van der Waals surface area contributed by atoms with Gasteiger partial charge in [0.2, 0.25) is 0 Å². The molecule has 1 N–H and O–H groups in total. The Morgan fingerprint density at radius 1 is 0.917 bits per heavy atom. The maximum Gasteiger partial charge on any atom is 0.261 e. The highest BCUT2D eigenvalue weighted by atomic mass is 16.5. The van der Waals surface area contributed by atoms with Gasteiger partial charge in [-0.15, -0.1) is 0 Å². The Labute approximate surface area is 142 Å². The van der Waals surface area contributed by atoms with Gasteiger partial charge < -0.3 is 19.5 Å². The van der Waals surface area contributed by atoms with Gasteiger partial charge in [0, 0.05) is 5.56 Å². The minimum Gasteiger partial charge on any atom is -0.497 e. The van der Waals surface area contributed by atoms with E-state index in [1.54, 1.807) is 45.4 Å². The summed E-state index contributed by atoms with van der Waals surface area (Å²) in [5, 5.41) is 2.94. The van der Waals surface area contributed by atoms with Gasteiger partial charge in [0.15, 0.2) is 6.10 Å². The van der Waals surface area contributed by atoms with E-state index in [1.165, 1.54) is 0 Å². The molecular formula is C19H23NO4. The van der Waals surface area contributed by atoms with Gasteiger partial charge in [0.1, 0.15) is 17.2 Å². The summed E-state index contributed by atoms with van der Waals surface area (Å²) in [7, 11) is 3.22. The second-order valence-electron chi connectivity index (χ2n) is 5.41. The average Bonchev–Trinajstić information content (AvgIpc) is 2.62. The molecule has 0 aliphatic heterocycles. The molecule has 0 saturated carbocycles. The zero-order valence-electron chi connectivity index (χ0n) is 14.4. The minimum atomic E-state index is -0.615. The molecule has 0 aromatic heterocycles. The van der Waals surface area contributed by atoms with Crippen LogP contribution in [0.25, 0.3) is 0 Å². The van der Waals surface area contributed by atoms with E-state index < -0.39 is 6.10 Å². The number of rotatable bonds is 7. The first-order valence-electron chi connectivity index (χ1n) is 7.79. The lowest BCUT2D eigenvalue weighted by Crippen LogP contribution is -2.37. The molecular weight excluding hydrogens is 306 g/mol. The molecule has 24 heavy (non-hydrogen) atoms. The van der Waals surface area contributed by atoms with E-state index in [4.69, 9.17) is 14.2 Å². The van der Waals surface area contributed by atoms with Gasteiger partial charge in [0.05, 0.1) is 20.3 Å². The Balaban J connectivity index is 1.97. The van der Waals surface area contributed by atoms with Crippen molar-refractivity contribution < 1.29 is 19.0 Å². The molecule has 0 aliphatic carbocycles. The van der Waals surface area contributed by atoms with Crippen LogP contribution in [-0.2, 0) is 4.79 Å². The van der Waals surface area contributed by atoms with E-state index in [-0.39, 0.29) is 11.9 Å². The average molecular weight is 329 g/mol. The third-order valence-electron chi connectivity index (χ3n) is 3.71. The van der Waals surface area contributed by atoms with Gasteiger partial charge in [-0.2, -0.15) is 0 Å². The molecule has 128 valence electrons. The van der Waals surface area contributed by atoms with Gasteiger partial charge in [-0.05, 0) is 44.2 Å². The van der Waals surface area contributed by atoms with Gasteiger partial charge in [-0.3, -0.25) is 4.79 Å². The molecule has 0 bridgehead atoms. The van der Waals surface area contributed by atoms with Crippen molar-refractivity contribution in [2.75, 3.05) is 14.2 Å². The fourth-order valence-electron chi connectivity index (χ4n) is 2.34. The molecule has 2 aromatic rings. The van der Waals surface area contributed by atoms with Crippen molar-refractivity contribution in [2.24, 2.45) is 0 Å². The number of hydrogen-bond acceptors (Lipinski definition) is 4. The van der Waals surface area contributed by atoms with Crippen LogP contribution in [0.15, 0.2) is 48.5 Å². The van der Waals surface area contributed by atoms with Crippen LogP contribution >= 0.6 is 0 Å². The molecule has 0 aliphatic rings. The van der Waals surface area contributed by atoms with Crippen LogP contribution in [0.2, 0.25) is 0 Å². The molecule has 0 unspecified atom stereocenters. The van der Waals surface area contributed by atoms with E-state index in [1.807, 2.05) is 31.2 Å². The first-order chi connectivity index (χ1) is 11.5. The van der Waals surface area contributed by atoms with Crippen LogP contribution in [0.4, 0.5) is 0 Å². The predicted molar refractivity (Wildman–Crippen MR) is 92.6 cm³/mol. The number of hydrogen-bond donors (Lipinski definition) is 1. The third-order valence-corrected chi connectivity index (χ3v) is 3.71. The van der Waals surface area contributed by atoms with Gasteiger partial charge in [0.25, 0.3) is 5.91 Å². The highest BCUT2D eigenvalue weighted by molar-refractivity contribution is 5.81. The van der Waals surface area contributed by atoms with Crippen molar-refractivity contribution in [1.29, 1.82) is 0 Å². The Morgan fingerprint density at radius 3 is 2.17 bits per heavy atom. The first kappa shape index (κ1) is 17.7. The van der Waals surface area contributed by atoms with E-state index >= 15 is 0 Å². The maximum atomic E-state index is 12.4. The second kappa shape index (κ2) is 8.24. The molecule has 5 heteroatoms. The number of carbonyl (C=O) groups excluding carboxylic acids is 1. The number of methoxy groups -OCH3 is 2. The monoisotopic (exact) mass is 329 g/mol. The molecule has 0 radical (unpaired) electrons. The predicted octanol–water partition coefficient (Wildman–Crippen LogP) is 3.35. The quantitative estimate of drug-likeness (QED) is 0.846. The summed E-state index contributed by atoms with van der Waals surface area (Å²) < 4.78 is 16.1. The Hall–Kier alpha value is -2.69. The van der Waals surface area contributed by atoms with Crippen LogP contribution < -0.4 is 19.5 Å². The van der Waals surface area contributed by atoms with Crippen LogP contribution in [0, 0.1) is 0 Å². The van der Waals surface area contributed by atoms with Gasteiger partial charge >= 0.3 is 0 Å². The molecule has 2 rings (SSSR count). The fraction of sp³-hybridized carbons (Fsp3) is 0.316. The van der Waals surface area contributed by atoms with Crippen LogP contribution in [0.1, 0.15) is 25.5 Å². The lowest BCUT2D eigenvalue weighted by molar-refractivity contribution is -0.127. The highest BCUT2D eigenvalue weighted by Gasteiger charge is 2.19. The summed E-state index contributed by atoms with van der Waals surface area (Å²) in [6.07, 6.45) is -0.615. The second-order valence-corrected chi connectivity index (χ2v) is 5.41. The van der Waals surface area contributed by atoms with E-state index in [9.17, 15) is 4.79 Å². The number of benzene rings is 2. The lowest BCUT2D eigenvalue weighted by atomic mass is 10.1. The summed E-state index contributed by atoms with van der Waals surface area (Å²) in [6.45, 7) is 3.63. The van der Waals surface area contributed by atoms with E-state index in [0.29, 0.717) is 5.75 Å². The van der Waals surface area contributed by atoms with Gasteiger partial charge in [-0.25, -0.2) is 0 Å². The summed E-state index contributed by atoms with van der Waals surface area (Å²) in [6, 6.07) is 14.5. The zero-order valence-corrected chi connectivity index (χ0v) is 14.4. The van der Waals surface area contributed by atoms with Crippen LogP contribution in [-0.4, -0.2) is 26.2 Å². The summed E-state index contributed by atoms with van der Waals surface area (Å²) >= 11 is 0. The largest absolute Gasteiger partial charge is 0.497 e. The van der Waals surface area contributed by atoms with Crippen molar-refractivity contribution in [3.63, 3.8) is 0 Å². The lowest BCUT2D eigenvalue weighted by Gasteiger charge is -2.20. The zero-order chi connectivity index (χ0) is 17.5. The van der Waals surface area contributed by atoms with E-state index in [0.717, 1.165) is 17.1 Å². The fourth-order valence-corrected chi connectivity index (χ4v) is 2.34. The number of nitrogens with one attached hydrogen (secondary N) is 1. The van der Waals surface area contributed by atoms with Crippen molar-refractivity contribution in [3.8, 4) is 17.2 Å². The first-order valence-corrected chi connectivity index (χ1v) is 7.79. The summed E-state index contributed by atoms with van der Waals surface area (Å²) in [5.41, 5.74) is 0.921. The van der Waals surface area contributed by atoms with E-state index in [2.05, 4.69) is 5.32 Å². The van der Waals surface area contributed by atoms with Crippen LogP contribution in [0.5, 0.6) is 17.2 Å². The molecule has 2 aromatic carbocycles. The molecule has 0 heterocycles. The van der Waals surface area contributed by atoms with Crippen molar-refractivity contribution in [3.05, 3.63) is 54.1 Å². The van der Waals surface area contributed by atoms with Crippen molar-refractivity contribution in [1.82, 2.24) is 5.32 Å². The van der Waals surface area contributed by atoms with Crippen molar-refractivity contribution in [2.45, 2.75) is 26.0 Å². The number of ether oxygens (including phenoxy) is 3. The number of para-hydroxylation sites is 1. The third kappa shape index (κ3) is 4.41. The Kier molecular flexibility index (Phi) is 6.07. The topological polar surface area (TPSA) is 56.8 Å². The summed E-state index contributed by atoms with van der Waals surface area (Å²) in [5.74, 6) is 1.91. The Bertz CT molecular complexity index is 669. The minimum absolute atomic E-state index is 0.185. The van der Waals surface area contributed by atoms with Crippen molar-refractivity contribution >= 4 is 5.91 Å². The maximum absolute atomic E-state index is 12.4. The molecule has 5 nitrogen and oxygen atoms in total. The highest BCUT2D eigenvalue weighted by Crippen LogP contribution is 2.24. The van der Waals surface area contributed by atoms with Crippen LogP contribution in [0.3, 0.4) is 0 Å². The number of amides is 1. The molecule has 1 amide bonds. The SMILES string of the molecule is COc1ccc(O[C@H](C)C(=O)N[C@@H](C)c2ccccc2OC)cc1. The smallest absolute Gasteiger partial charge is 0.261 e. The summed E-state index contributed by atoms with van der Waals surface area (Å²) in [4.78, 5) is 12.4. The standard InChI is InChI=1S/C19H23NO4/c1-13(17-7-5-6-8-18(17)23-4)20-19(21)14(2)24-16-11-9-15(22-3)10-12-16/h5-14H,1-4H3,(H,20,21)/t13-,14+/m0/s1. The normalized spacial score (nSPS) is 12.8. The van der Waals surface area contributed by atoms with Gasteiger partial charge in [-0.1, -0.05) is 18.2 Å². The number of carbonyl (C=O) groups is 1. The molecule has 0 spiro atoms. The Morgan fingerprint density at radius 2 is 1.54 bits per heavy atom. The molecule has 2 atom stereocenters.